The molecule has 0 N–H and O–H groups in total. The zero-order chi connectivity index (χ0) is 29.5. The Morgan fingerprint density at radius 2 is 0.951 bits per heavy atom. The molecule has 1 rings (SSSR count). The van der Waals surface area contributed by atoms with Gasteiger partial charge in [0.25, 0.3) is 0 Å². The van der Waals surface area contributed by atoms with Crippen molar-refractivity contribution in [2.24, 2.45) is 0 Å². The minimum absolute atomic E-state index is 0.0489. The molecule has 240 valence electrons. The second-order valence-corrected chi connectivity index (χ2v) is 11.9. The highest BCUT2D eigenvalue weighted by molar-refractivity contribution is 7.48. The van der Waals surface area contributed by atoms with E-state index in [0.29, 0.717) is 38.8 Å². The van der Waals surface area contributed by atoms with Crippen LogP contribution < -0.4 is 4.89 Å². The van der Waals surface area contributed by atoms with Crippen molar-refractivity contribution in [2.75, 3.05) is 52.9 Å². The van der Waals surface area contributed by atoms with Crippen molar-refractivity contribution < 1.29 is 37.4 Å². The summed E-state index contributed by atoms with van der Waals surface area (Å²) in [5.41, 5.74) is 0. The molecule has 8 nitrogen and oxygen atoms in total. The van der Waals surface area contributed by atoms with E-state index in [-0.39, 0.29) is 19.8 Å². The molecule has 0 aromatic heterocycles. The summed E-state index contributed by atoms with van der Waals surface area (Å²) in [6.45, 7) is 7.41. The fourth-order valence-corrected chi connectivity index (χ4v) is 5.25. The smallest absolute Gasteiger partial charge is 0.379 e. The summed E-state index contributed by atoms with van der Waals surface area (Å²) in [5.74, 6) is 0.419. The maximum absolute atomic E-state index is 13.1. The first-order chi connectivity index (χ1) is 20.2. The highest BCUT2D eigenvalue weighted by atomic mass is 31.2. The van der Waals surface area contributed by atoms with Crippen LogP contribution in [-0.4, -0.2) is 52.9 Å². The van der Waals surface area contributed by atoms with Crippen LogP contribution in [0, 0.1) is 0 Å². The van der Waals surface area contributed by atoms with Gasteiger partial charge < -0.3 is 19.1 Å². The summed E-state index contributed by atoms with van der Waals surface area (Å²) in [7, 11) is -3.90. The monoisotopic (exact) mass is 602 g/mol. The Hall–Kier alpha value is -0.990. The Labute approximate surface area is 250 Å². The Kier molecular flexibility index (Phi) is 27.0. The molecule has 9 heteroatoms. The van der Waals surface area contributed by atoms with Gasteiger partial charge in [-0.25, -0.2) is 4.57 Å². The lowest BCUT2D eigenvalue weighted by Crippen LogP contribution is -2.12. The number of phosphoric ester groups is 1. The number of para-hydroxylation sites is 1. The van der Waals surface area contributed by atoms with E-state index in [0.717, 1.165) is 19.3 Å². The van der Waals surface area contributed by atoms with E-state index in [2.05, 4.69) is 6.92 Å². The van der Waals surface area contributed by atoms with Crippen LogP contribution in [0.2, 0.25) is 0 Å². The molecule has 0 saturated heterocycles. The molecule has 0 radical (unpaired) electrons. The van der Waals surface area contributed by atoms with Crippen LogP contribution in [0.5, 0.6) is 5.75 Å². The average molecular weight is 603 g/mol. The second-order valence-electron chi connectivity index (χ2n) is 10.3. The van der Waals surface area contributed by atoms with Gasteiger partial charge in [-0.3, -0.25) is 9.05 Å². The van der Waals surface area contributed by atoms with Crippen molar-refractivity contribution in [3.05, 3.63) is 30.3 Å². The maximum Gasteiger partial charge on any atom is 0.511 e. The lowest BCUT2D eigenvalue weighted by atomic mass is 10.0. The van der Waals surface area contributed by atoms with Crippen LogP contribution >= 0.6 is 7.82 Å². The fourth-order valence-electron chi connectivity index (χ4n) is 4.26. The van der Waals surface area contributed by atoms with Crippen LogP contribution in [0.15, 0.2) is 30.3 Å². The average Bonchev–Trinajstić information content (AvgIpc) is 2.99. The van der Waals surface area contributed by atoms with E-state index in [1.807, 2.05) is 13.0 Å². The van der Waals surface area contributed by atoms with Gasteiger partial charge in [0, 0.05) is 6.61 Å². The third-order valence-electron chi connectivity index (χ3n) is 6.64. The van der Waals surface area contributed by atoms with Gasteiger partial charge in [0.05, 0.1) is 46.2 Å². The molecule has 1 unspecified atom stereocenters. The standard InChI is InChI=1S/C32H59O8P/c1-3-5-6-7-8-9-10-11-12-13-14-15-16-17-18-22-25-37-41(33,40-39-32-23-20-19-21-24-32)38-31-30-36-29-28-35-27-26-34-4-2/h19-21,23-24H,3-18,22,25-31H2,1-2H3. The highest BCUT2D eigenvalue weighted by Crippen LogP contribution is 2.49. The van der Waals surface area contributed by atoms with Crippen molar-refractivity contribution in [1.82, 2.24) is 0 Å². The molecule has 0 amide bonds. The van der Waals surface area contributed by atoms with Gasteiger partial charge in [0.1, 0.15) is 0 Å². The molecule has 0 heterocycles. The Morgan fingerprint density at radius 1 is 0.512 bits per heavy atom. The van der Waals surface area contributed by atoms with Crippen LogP contribution in [-0.2, 0) is 32.5 Å². The first kappa shape index (κ1) is 38.0. The first-order valence-corrected chi connectivity index (χ1v) is 17.7. The summed E-state index contributed by atoms with van der Waals surface area (Å²) < 4.78 is 45.3. The van der Waals surface area contributed by atoms with Crippen molar-refractivity contribution >= 4 is 7.82 Å². The van der Waals surface area contributed by atoms with Crippen LogP contribution in [0.25, 0.3) is 0 Å². The molecule has 1 atom stereocenters. The molecule has 41 heavy (non-hydrogen) atoms. The number of hydrogen-bond donors (Lipinski definition) is 0. The second kappa shape index (κ2) is 29.1. The third-order valence-corrected chi connectivity index (χ3v) is 7.90. The minimum Gasteiger partial charge on any atom is -0.379 e. The van der Waals surface area contributed by atoms with Gasteiger partial charge in [-0.1, -0.05) is 126 Å². The predicted molar refractivity (Wildman–Crippen MR) is 165 cm³/mol. The Morgan fingerprint density at radius 3 is 1.46 bits per heavy atom. The van der Waals surface area contributed by atoms with Gasteiger partial charge in [0.15, 0.2) is 5.75 Å². The number of benzene rings is 1. The lowest BCUT2D eigenvalue weighted by molar-refractivity contribution is -0.134. The quantitative estimate of drug-likeness (QED) is 0.0349. The first-order valence-electron chi connectivity index (χ1n) is 16.2. The SMILES string of the molecule is CCCCCCCCCCCCCCCCCCOP(=O)(OCCOCCOCCOCC)OOc1ccccc1. The van der Waals surface area contributed by atoms with E-state index in [9.17, 15) is 4.57 Å². The summed E-state index contributed by atoms with van der Waals surface area (Å²) in [6.07, 6.45) is 20.7. The van der Waals surface area contributed by atoms with Gasteiger partial charge in [-0.05, 0) is 25.5 Å². The van der Waals surface area contributed by atoms with Crippen LogP contribution in [0.3, 0.4) is 0 Å². The largest absolute Gasteiger partial charge is 0.511 e. The highest BCUT2D eigenvalue weighted by Gasteiger charge is 2.29. The van der Waals surface area contributed by atoms with E-state index in [1.165, 1.54) is 83.5 Å². The third kappa shape index (κ3) is 25.2. The minimum atomic E-state index is -3.90. The predicted octanol–water partition coefficient (Wildman–Crippen LogP) is 9.47. The molecule has 1 aromatic carbocycles. The molecule has 0 fully saturated rings. The molecular weight excluding hydrogens is 543 g/mol. The van der Waals surface area contributed by atoms with Gasteiger partial charge in [-0.15, -0.1) is 0 Å². The fraction of sp³-hybridized carbons (Fsp3) is 0.812. The van der Waals surface area contributed by atoms with Gasteiger partial charge in [0.2, 0.25) is 0 Å². The number of rotatable bonds is 32. The number of hydrogen-bond acceptors (Lipinski definition) is 8. The van der Waals surface area contributed by atoms with E-state index >= 15 is 0 Å². The van der Waals surface area contributed by atoms with Crippen molar-refractivity contribution in [1.29, 1.82) is 0 Å². The summed E-state index contributed by atoms with van der Waals surface area (Å²) in [4.78, 5) is 5.21. The molecule has 0 saturated carbocycles. The number of phosphoric acid groups is 1. The Bertz CT molecular complexity index is 706. The lowest BCUT2D eigenvalue weighted by Gasteiger charge is -2.17. The van der Waals surface area contributed by atoms with Crippen LogP contribution in [0.1, 0.15) is 117 Å². The molecule has 0 aliphatic heterocycles. The van der Waals surface area contributed by atoms with Gasteiger partial charge in [-0.2, -0.15) is 0 Å². The summed E-state index contributed by atoms with van der Waals surface area (Å²) >= 11 is 0. The molecule has 0 bridgehead atoms. The van der Waals surface area contributed by atoms with Gasteiger partial charge >= 0.3 is 7.82 Å². The summed E-state index contributed by atoms with van der Waals surface area (Å²) in [5, 5.41) is 0. The van der Waals surface area contributed by atoms with Crippen LogP contribution in [0.4, 0.5) is 0 Å². The maximum atomic E-state index is 13.1. The molecule has 0 spiro atoms. The normalized spacial score (nSPS) is 12.9. The van der Waals surface area contributed by atoms with E-state index in [1.54, 1.807) is 24.3 Å². The number of ether oxygens (including phenoxy) is 3. The number of unbranched alkanes of at least 4 members (excludes halogenated alkanes) is 15. The van der Waals surface area contributed by atoms with Crippen molar-refractivity contribution in [3.8, 4) is 5.75 Å². The zero-order valence-corrected chi connectivity index (χ0v) is 27.0. The van der Waals surface area contributed by atoms with E-state index in [4.69, 9.17) is 32.8 Å². The summed E-state index contributed by atoms with van der Waals surface area (Å²) in [6, 6.07) is 8.86. The molecular formula is C32H59O8P. The van der Waals surface area contributed by atoms with Crippen molar-refractivity contribution in [3.63, 3.8) is 0 Å². The van der Waals surface area contributed by atoms with E-state index < -0.39 is 7.82 Å². The molecule has 1 aromatic rings. The molecule has 0 aliphatic carbocycles. The topological polar surface area (TPSA) is 81.7 Å². The Balaban J connectivity index is 2.10. The molecule has 0 aliphatic rings. The zero-order valence-electron chi connectivity index (χ0n) is 26.1. The van der Waals surface area contributed by atoms with Crippen molar-refractivity contribution in [2.45, 2.75) is 117 Å².